The van der Waals surface area contributed by atoms with Crippen LogP contribution in [0.2, 0.25) is 0 Å². The number of carbonyl (C=O) groups excluding carboxylic acids is 2. The third-order valence-electron chi connectivity index (χ3n) is 4.13. The molecule has 0 fully saturated rings. The van der Waals surface area contributed by atoms with Crippen LogP contribution in [-0.4, -0.2) is 34.4 Å². The van der Waals surface area contributed by atoms with Crippen molar-refractivity contribution in [2.45, 2.75) is 45.2 Å². The number of aromatic nitrogens is 1. The van der Waals surface area contributed by atoms with Gasteiger partial charge in [0, 0.05) is 11.1 Å². The third-order valence-corrected chi connectivity index (χ3v) is 4.13. The minimum Gasteiger partial charge on any atom is -0.464 e. The summed E-state index contributed by atoms with van der Waals surface area (Å²) >= 11 is 0. The van der Waals surface area contributed by atoms with Crippen LogP contribution in [0.15, 0.2) is 28.9 Å². The van der Waals surface area contributed by atoms with E-state index in [-0.39, 0.29) is 17.7 Å². The summed E-state index contributed by atoms with van der Waals surface area (Å²) in [7, 11) is 1.10. The van der Waals surface area contributed by atoms with Gasteiger partial charge in [-0.1, -0.05) is 0 Å². The van der Waals surface area contributed by atoms with Crippen molar-refractivity contribution in [3.63, 3.8) is 0 Å². The lowest BCUT2D eigenvalue weighted by atomic mass is 10.0. The van der Waals surface area contributed by atoms with E-state index in [1.54, 1.807) is 0 Å². The van der Waals surface area contributed by atoms with Crippen molar-refractivity contribution in [3.05, 3.63) is 52.7 Å². The normalized spacial score (nSPS) is 12.6. The molecule has 0 unspecified atom stereocenters. The van der Waals surface area contributed by atoms with Crippen LogP contribution in [0.3, 0.4) is 0 Å². The van der Waals surface area contributed by atoms with Crippen LogP contribution in [0.1, 0.15) is 58.6 Å². The summed E-state index contributed by atoms with van der Waals surface area (Å²) in [5.41, 5.74) is -5.29. The molecule has 0 saturated carbocycles. The summed E-state index contributed by atoms with van der Waals surface area (Å²) in [6.45, 7) is 4.14. The van der Waals surface area contributed by atoms with Crippen LogP contribution < -0.4 is 0 Å². The first-order valence-corrected chi connectivity index (χ1v) is 8.68. The molecule has 0 bridgehead atoms. The van der Waals surface area contributed by atoms with Gasteiger partial charge in [0.2, 0.25) is 5.89 Å². The maximum absolute atomic E-state index is 13.1. The van der Waals surface area contributed by atoms with Crippen molar-refractivity contribution in [3.8, 4) is 0 Å². The first-order chi connectivity index (χ1) is 14.0. The highest BCUT2D eigenvalue weighted by atomic mass is 19.4. The average molecular weight is 452 g/mol. The fourth-order valence-corrected chi connectivity index (χ4v) is 2.56. The molecule has 1 heterocycles. The molecule has 0 aliphatic rings. The number of ether oxygens (including phenoxy) is 1. The molecular weight excluding hydrogens is 434 g/mol. The van der Waals surface area contributed by atoms with E-state index in [2.05, 4.69) is 9.72 Å². The van der Waals surface area contributed by atoms with Crippen LogP contribution in [-0.2, 0) is 23.6 Å². The predicted octanol–water partition coefficient (Wildman–Crippen LogP) is 4.94. The lowest BCUT2D eigenvalue weighted by Crippen LogP contribution is -2.45. The number of esters is 1. The van der Waals surface area contributed by atoms with Crippen molar-refractivity contribution in [2.24, 2.45) is 0 Å². The molecule has 0 spiro atoms. The van der Waals surface area contributed by atoms with Crippen LogP contribution in [0, 0.1) is 0 Å². The Kier molecular flexibility index (Phi) is 6.43. The zero-order valence-electron chi connectivity index (χ0n) is 16.8. The SMILES string of the molecule is COC(=O)c1coc(CN(C(=O)c2cc(C(F)(F)F)cc(C(F)(F)F)c2)C(C)(C)C)n1. The Bertz CT molecular complexity index is 941. The maximum Gasteiger partial charge on any atom is 0.416 e. The molecule has 0 saturated heterocycles. The van der Waals surface area contributed by atoms with Gasteiger partial charge in [-0.3, -0.25) is 4.79 Å². The first kappa shape index (κ1) is 24.2. The number of rotatable bonds is 4. The van der Waals surface area contributed by atoms with Crippen LogP contribution >= 0.6 is 0 Å². The molecule has 1 amide bonds. The molecule has 0 aliphatic heterocycles. The monoisotopic (exact) mass is 452 g/mol. The van der Waals surface area contributed by atoms with Crippen LogP contribution in [0.4, 0.5) is 26.3 Å². The quantitative estimate of drug-likeness (QED) is 0.486. The number of halogens is 6. The Balaban J connectivity index is 2.50. The van der Waals surface area contributed by atoms with Gasteiger partial charge in [0.25, 0.3) is 5.91 Å². The molecule has 6 nitrogen and oxygen atoms in total. The van der Waals surface area contributed by atoms with E-state index in [1.165, 1.54) is 20.8 Å². The van der Waals surface area contributed by atoms with E-state index in [4.69, 9.17) is 4.42 Å². The zero-order valence-corrected chi connectivity index (χ0v) is 16.8. The second-order valence-electron chi connectivity index (χ2n) is 7.47. The van der Waals surface area contributed by atoms with Crippen molar-refractivity contribution in [1.29, 1.82) is 0 Å². The predicted molar refractivity (Wildman–Crippen MR) is 93.9 cm³/mol. The lowest BCUT2D eigenvalue weighted by molar-refractivity contribution is -0.143. The Morgan fingerprint density at radius 2 is 1.52 bits per heavy atom. The van der Waals surface area contributed by atoms with Crippen molar-refractivity contribution < 1.29 is 45.1 Å². The Labute approximate surface area is 172 Å². The van der Waals surface area contributed by atoms with Gasteiger partial charge in [-0.15, -0.1) is 0 Å². The topological polar surface area (TPSA) is 72.6 Å². The second-order valence-corrected chi connectivity index (χ2v) is 7.47. The maximum atomic E-state index is 13.1. The van der Waals surface area contributed by atoms with E-state index in [9.17, 15) is 35.9 Å². The number of benzene rings is 1. The molecule has 0 aliphatic carbocycles. The number of oxazole rings is 1. The number of alkyl halides is 6. The molecule has 2 rings (SSSR count). The largest absolute Gasteiger partial charge is 0.464 e. The van der Waals surface area contributed by atoms with Crippen LogP contribution in [0.5, 0.6) is 0 Å². The van der Waals surface area contributed by atoms with Gasteiger partial charge in [-0.2, -0.15) is 26.3 Å². The Morgan fingerprint density at radius 3 is 1.94 bits per heavy atom. The fraction of sp³-hybridized carbons (Fsp3) is 0.421. The summed E-state index contributed by atoms with van der Waals surface area (Å²) in [5, 5.41) is 0. The van der Waals surface area contributed by atoms with Gasteiger partial charge in [0.1, 0.15) is 6.26 Å². The molecule has 0 N–H and O–H groups in total. The molecule has 2 aromatic rings. The van der Waals surface area contributed by atoms with Gasteiger partial charge in [0.15, 0.2) is 5.69 Å². The number of carbonyl (C=O) groups is 2. The minimum absolute atomic E-state index is 0.0606. The molecule has 170 valence electrons. The summed E-state index contributed by atoms with van der Waals surface area (Å²) in [5.74, 6) is -2.09. The zero-order chi connectivity index (χ0) is 23.8. The number of hydrogen-bond donors (Lipinski definition) is 0. The Hall–Kier alpha value is -3.05. The molecule has 1 aromatic carbocycles. The van der Waals surface area contributed by atoms with Gasteiger partial charge in [0.05, 0.1) is 24.8 Å². The number of methoxy groups -OCH3 is 1. The third kappa shape index (κ3) is 5.76. The van der Waals surface area contributed by atoms with Gasteiger partial charge < -0.3 is 14.1 Å². The summed E-state index contributed by atoms with van der Waals surface area (Å²) < 4.78 is 88.4. The molecule has 12 heteroatoms. The van der Waals surface area contributed by atoms with Gasteiger partial charge in [-0.25, -0.2) is 9.78 Å². The van der Waals surface area contributed by atoms with E-state index >= 15 is 0 Å². The lowest BCUT2D eigenvalue weighted by Gasteiger charge is -2.35. The van der Waals surface area contributed by atoms with E-state index < -0.39 is 53.0 Å². The number of amides is 1. The average Bonchev–Trinajstić information content (AvgIpc) is 3.11. The molecule has 0 radical (unpaired) electrons. The first-order valence-electron chi connectivity index (χ1n) is 8.68. The number of hydrogen-bond acceptors (Lipinski definition) is 5. The fourth-order valence-electron chi connectivity index (χ4n) is 2.56. The molecule has 1 aromatic heterocycles. The molecule has 31 heavy (non-hydrogen) atoms. The molecular formula is C19H18F6N2O4. The highest BCUT2D eigenvalue weighted by molar-refractivity contribution is 5.95. The Morgan fingerprint density at radius 1 is 1.00 bits per heavy atom. The summed E-state index contributed by atoms with van der Waals surface area (Å²) in [6, 6.07) is 0.645. The summed E-state index contributed by atoms with van der Waals surface area (Å²) in [4.78, 5) is 29.3. The standard InChI is InChI=1S/C19H18F6N2O4/c1-17(2,3)27(8-14-26-13(9-31-14)16(29)30-4)15(28)10-5-11(18(20,21)22)7-12(6-10)19(23,24)25/h5-7,9H,8H2,1-4H3. The van der Waals surface area contributed by atoms with Crippen molar-refractivity contribution in [1.82, 2.24) is 9.88 Å². The van der Waals surface area contributed by atoms with E-state index in [0.717, 1.165) is 18.3 Å². The second kappa shape index (κ2) is 8.23. The summed E-state index contributed by atoms with van der Waals surface area (Å²) in [6.07, 6.45) is -9.24. The highest BCUT2D eigenvalue weighted by Gasteiger charge is 2.39. The van der Waals surface area contributed by atoms with E-state index in [1.807, 2.05) is 0 Å². The number of nitrogens with zero attached hydrogens (tertiary/aromatic N) is 2. The van der Waals surface area contributed by atoms with Gasteiger partial charge >= 0.3 is 18.3 Å². The van der Waals surface area contributed by atoms with Crippen LogP contribution in [0.25, 0.3) is 0 Å². The smallest absolute Gasteiger partial charge is 0.416 e. The highest BCUT2D eigenvalue weighted by Crippen LogP contribution is 2.37. The van der Waals surface area contributed by atoms with Gasteiger partial charge in [-0.05, 0) is 39.0 Å². The van der Waals surface area contributed by atoms with Crippen molar-refractivity contribution in [2.75, 3.05) is 7.11 Å². The van der Waals surface area contributed by atoms with E-state index in [0.29, 0.717) is 12.1 Å². The molecule has 0 atom stereocenters. The van der Waals surface area contributed by atoms with Crippen molar-refractivity contribution >= 4 is 11.9 Å². The minimum atomic E-state index is -5.10.